The Hall–Kier alpha value is -2.43. The number of hydrogen-bond donors (Lipinski definition) is 0. The Balaban J connectivity index is 2.69. The fourth-order valence-corrected chi connectivity index (χ4v) is 1.61. The van der Waals surface area contributed by atoms with Crippen LogP contribution in [0.4, 0.5) is 0 Å². The van der Waals surface area contributed by atoms with E-state index in [1.807, 2.05) is 0 Å². The fraction of sp³-hybridized carbons (Fsp3) is 0.154. The summed E-state index contributed by atoms with van der Waals surface area (Å²) >= 11 is 0. The molecule has 1 aromatic heterocycles. The minimum atomic E-state index is -0.680. The first-order valence-electron chi connectivity index (χ1n) is 5.20. The molecule has 5 nitrogen and oxygen atoms in total. The number of fused-ring (bicyclic) bond motifs is 1. The van der Waals surface area contributed by atoms with E-state index in [2.05, 4.69) is 4.74 Å². The van der Waals surface area contributed by atoms with E-state index < -0.39 is 11.6 Å². The van der Waals surface area contributed by atoms with Crippen LogP contribution in [0.1, 0.15) is 27.6 Å². The lowest BCUT2D eigenvalue weighted by atomic mass is 10.1. The molecule has 0 saturated heterocycles. The third kappa shape index (κ3) is 2.02. The molecular formula is C13H10O5. The highest BCUT2D eigenvalue weighted by Gasteiger charge is 2.11. The molecule has 0 aliphatic heterocycles. The maximum absolute atomic E-state index is 11.5. The highest BCUT2D eigenvalue weighted by atomic mass is 16.5. The third-order valence-electron chi connectivity index (χ3n) is 2.53. The quantitative estimate of drug-likeness (QED) is 0.458. The van der Waals surface area contributed by atoms with Gasteiger partial charge in [-0.3, -0.25) is 4.79 Å². The molecule has 0 atom stereocenters. The summed E-state index contributed by atoms with van der Waals surface area (Å²) in [5.74, 6) is -0.874. The van der Waals surface area contributed by atoms with Crippen molar-refractivity contribution >= 4 is 22.7 Å². The van der Waals surface area contributed by atoms with Gasteiger partial charge in [-0.25, -0.2) is 9.59 Å². The molecule has 0 fully saturated rings. The molecule has 0 amide bonds. The summed E-state index contributed by atoms with van der Waals surface area (Å²) in [6, 6.07) is 5.91. The Kier molecular flexibility index (Phi) is 2.97. The second-order valence-corrected chi connectivity index (χ2v) is 3.75. The smallest absolute Gasteiger partial charge is 0.347 e. The average Bonchev–Trinajstić information content (AvgIpc) is 2.36. The van der Waals surface area contributed by atoms with Gasteiger partial charge in [0.05, 0.1) is 12.7 Å². The molecule has 2 aromatic rings. The lowest BCUT2D eigenvalue weighted by Crippen LogP contribution is -2.11. The van der Waals surface area contributed by atoms with Gasteiger partial charge in [0.1, 0.15) is 11.1 Å². The highest BCUT2D eigenvalue weighted by molar-refractivity contribution is 5.98. The molecule has 0 N–H and O–H groups in total. The van der Waals surface area contributed by atoms with Crippen molar-refractivity contribution in [3.63, 3.8) is 0 Å². The van der Waals surface area contributed by atoms with Crippen LogP contribution in [0.15, 0.2) is 33.5 Å². The number of carbonyl (C=O) groups is 2. The lowest BCUT2D eigenvalue weighted by Gasteiger charge is -2.02. The zero-order chi connectivity index (χ0) is 13.3. The molecule has 0 unspecified atom stereocenters. The topological polar surface area (TPSA) is 73.6 Å². The number of methoxy groups -OCH3 is 1. The van der Waals surface area contributed by atoms with Crippen molar-refractivity contribution in [1.29, 1.82) is 0 Å². The number of esters is 1. The van der Waals surface area contributed by atoms with Gasteiger partial charge in [0.15, 0.2) is 5.78 Å². The van der Waals surface area contributed by atoms with Gasteiger partial charge in [0.2, 0.25) is 0 Å². The van der Waals surface area contributed by atoms with E-state index in [0.717, 1.165) is 0 Å². The highest BCUT2D eigenvalue weighted by Crippen LogP contribution is 2.16. The van der Waals surface area contributed by atoms with E-state index in [0.29, 0.717) is 16.5 Å². The van der Waals surface area contributed by atoms with E-state index in [1.54, 1.807) is 0 Å². The van der Waals surface area contributed by atoms with Gasteiger partial charge in [-0.1, -0.05) is 0 Å². The number of ketones is 1. The molecule has 0 radical (unpaired) electrons. The number of benzene rings is 1. The standard InChI is InChI=1S/C13H10O5/c1-7(14)10-6-9-5-8(12(15)17-2)3-4-11(9)18-13(10)16/h3-6H,1-2H3. The second kappa shape index (κ2) is 4.44. The predicted molar refractivity (Wildman–Crippen MR) is 63.8 cm³/mol. The number of hydrogen-bond acceptors (Lipinski definition) is 5. The average molecular weight is 246 g/mol. The number of carbonyl (C=O) groups excluding carboxylic acids is 2. The molecule has 0 aliphatic rings. The summed E-state index contributed by atoms with van der Waals surface area (Å²) in [6.45, 7) is 1.28. The largest absolute Gasteiger partial charge is 0.465 e. The summed E-state index contributed by atoms with van der Waals surface area (Å²) in [5, 5.41) is 0.503. The molecule has 92 valence electrons. The summed E-state index contributed by atoms with van der Waals surface area (Å²) in [7, 11) is 1.28. The molecule has 2 rings (SSSR count). The van der Waals surface area contributed by atoms with Crippen molar-refractivity contribution in [2.24, 2.45) is 0 Å². The van der Waals surface area contributed by atoms with Gasteiger partial charge >= 0.3 is 11.6 Å². The molecule has 0 spiro atoms. The van der Waals surface area contributed by atoms with E-state index in [-0.39, 0.29) is 11.3 Å². The Morgan fingerprint density at radius 3 is 2.56 bits per heavy atom. The summed E-state index contributed by atoms with van der Waals surface area (Å²) < 4.78 is 9.58. The Morgan fingerprint density at radius 2 is 1.94 bits per heavy atom. The molecule has 18 heavy (non-hydrogen) atoms. The summed E-state index contributed by atoms with van der Waals surface area (Å²) in [6.07, 6.45) is 0. The normalized spacial score (nSPS) is 10.3. The number of ether oxygens (including phenoxy) is 1. The third-order valence-corrected chi connectivity index (χ3v) is 2.53. The van der Waals surface area contributed by atoms with Crippen LogP contribution in [0, 0.1) is 0 Å². The van der Waals surface area contributed by atoms with Crippen LogP contribution >= 0.6 is 0 Å². The van der Waals surface area contributed by atoms with E-state index >= 15 is 0 Å². The van der Waals surface area contributed by atoms with Crippen molar-refractivity contribution in [2.45, 2.75) is 6.92 Å². The van der Waals surface area contributed by atoms with Crippen LogP contribution in [0.2, 0.25) is 0 Å². The van der Waals surface area contributed by atoms with Crippen LogP contribution in [0.25, 0.3) is 11.0 Å². The molecule has 0 bridgehead atoms. The minimum Gasteiger partial charge on any atom is -0.465 e. The van der Waals surface area contributed by atoms with Crippen molar-refractivity contribution in [3.8, 4) is 0 Å². The first-order valence-corrected chi connectivity index (χ1v) is 5.20. The van der Waals surface area contributed by atoms with Crippen LogP contribution in [-0.2, 0) is 4.74 Å². The van der Waals surface area contributed by atoms with Gasteiger partial charge < -0.3 is 9.15 Å². The first-order chi connectivity index (χ1) is 8.52. The number of rotatable bonds is 2. The predicted octanol–water partition coefficient (Wildman–Crippen LogP) is 1.78. The van der Waals surface area contributed by atoms with E-state index in [1.165, 1.54) is 38.3 Å². The molecule has 5 heteroatoms. The second-order valence-electron chi connectivity index (χ2n) is 3.75. The molecule has 1 heterocycles. The SMILES string of the molecule is COC(=O)c1ccc2oc(=O)c(C(C)=O)cc2c1. The molecule has 0 aliphatic carbocycles. The number of Topliss-reactive ketones (excluding diaryl/α,β-unsaturated/α-hetero) is 1. The first kappa shape index (κ1) is 12.0. The van der Waals surface area contributed by atoms with E-state index in [4.69, 9.17) is 4.42 Å². The zero-order valence-corrected chi connectivity index (χ0v) is 9.85. The van der Waals surface area contributed by atoms with Gasteiger partial charge in [0, 0.05) is 5.39 Å². The van der Waals surface area contributed by atoms with Crippen molar-refractivity contribution in [2.75, 3.05) is 7.11 Å². The maximum atomic E-state index is 11.5. The van der Waals surface area contributed by atoms with Gasteiger partial charge in [0.25, 0.3) is 0 Å². The Bertz CT molecular complexity index is 696. The lowest BCUT2D eigenvalue weighted by molar-refractivity contribution is 0.0601. The van der Waals surface area contributed by atoms with Crippen LogP contribution < -0.4 is 5.63 Å². The summed E-state index contributed by atoms with van der Waals surface area (Å²) in [5.41, 5.74) is -0.0728. The van der Waals surface area contributed by atoms with Crippen molar-refractivity contribution in [1.82, 2.24) is 0 Å². The zero-order valence-electron chi connectivity index (χ0n) is 9.85. The van der Waals surface area contributed by atoms with Gasteiger partial charge in [-0.2, -0.15) is 0 Å². The Labute approximate surface area is 102 Å². The monoisotopic (exact) mass is 246 g/mol. The van der Waals surface area contributed by atoms with Crippen molar-refractivity contribution in [3.05, 3.63) is 45.8 Å². The fourth-order valence-electron chi connectivity index (χ4n) is 1.61. The van der Waals surface area contributed by atoms with Crippen LogP contribution in [0.5, 0.6) is 0 Å². The van der Waals surface area contributed by atoms with Gasteiger partial charge in [-0.15, -0.1) is 0 Å². The minimum absolute atomic E-state index is 0.0375. The van der Waals surface area contributed by atoms with Crippen LogP contribution in [0.3, 0.4) is 0 Å². The van der Waals surface area contributed by atoms with Crippen LogP contribution in [-0.4, -0.2) is 18.9 Å². The molecule has 0 saturated carbocycles. The van der Waals surface area contributed by atoms with Crippen molar-refractivity contribution < 1.29 is 18.7 Å². The van der Waals surface area contributed by atoms with E-state index in [9.17, 15) is 14.4 Å². The summed E-state index contributed by atoms with van der Waals surface area (Å²) in [4.78, 5) is 34.1. The Morgan fingerprint density at radius 1 is 1.22 bits per heavy atom. The maximum Gasteiger partial charge on any atom is 0.347 e. The van der Waals surface area contributed by atoms with Gasteiger partial charge in [-0.05, 0) is 31.2 Å². The molecule has 1 aromatic carbocycles. The molecular weight excluding hydrogens is 236 g/mol.